The second-order valence-corrected chi connectivity index (χ2v) is 14.7. The van der Waals surface area contributed by atoms with Crippen LogP contribution in [0.25, 0.3) is 0 Å². The van der Waals surface area contributed by atoms with E-state index in [4.69, 9.17) is 29.2 Å². The van der Waals surface area contributed by atoms with Crippen molar-refractivity contribution in [3.8, 4) is 0 Å². The van der Waals surface area contributed by atoms with Crippen molar-refractivity contribution in [3.05, 3.63) is 0 Å². The second-order valence-electron chi connectivity index (χ2n) is 14.3. The lowest BCUT2D eigenvalue weighted by Gasteiger charge is -2.14. The van der Waals surface area contributed by atoms with Gasteiger partial charge in [0.05, 0.1) is 45.7 Å². The SMILES string of the molecule is O=C(O)CCCCCCCCCCCCCCCCC(=O)N[C@@H](CCC(=O)NCCOCCOCC(=O)NCCOCCOCC(=O)NC(CCC(=O)O)C(=O)S)C(=O)O. The predicted octanol–water partition coefficient (Wildman–Crippen LogP) is 2.77. The van der Waals surface area contributed by atoms with Crippen molar-refractivity contribution in [2.75, 3.05) is 65.9 Å². The minimum Gasteiger partial charge on any atom is -0.481 e. The number of carboxylic acids is 3. The molecule has 4 amide bonds. The molecule has 20 heteroatoms. The molecule has 19 nitrogen and oxygen atoms in total. The van der Waals surface area contributed by atoms with Crippen LogP contribution in [0.5, 0.6) is 0 Å². The summed E-state index contributed by atoms with van der Waals surface area (Å²) in [7, 11) is 0. The molecule has 0 bridgehead atoms. The van der Waals surface area contributed by atoms with Crippen molar-refractivity contribution in [3.63, 3.8) is 0 Å². The first-order valence-corrected chi connectivity index (χ1v) is 21.6. The van der Waals surface area contributed by atoms with Crippen molar-refractivity contribution in [1.82, 2.24) is 21.3 Å². The number of amides is 4. The molecule has 0 saturated heterocycles. The van der Waals surface area contributed by atoms with E-state index in [1.165, 1.54) is 38.5 Å². The standard InChI is InChI=1S/C40H70N4O15S/c45-33(19-17-31(39(53)54)43-34(46)15-13-11-9-7-5-3-1-2-4-6-8-10-12-14-16-37(49)50)41-21-23-56-25-27-58-29-35(47)42-22-24-57-26-28-59-30-36(48)44-32(40(55)60)18-20-38(51)52/h31-32H,1-30H2,(H,41,45)(H,42,47)(H,43,46)(H,44,48)(H,49,50)(H,51,52)(H,53,54)(H,55,60)/t31-,32?/m0/s1. The molecule has 0 aliphatic heterocycles. The number of hydrogen-bond donors (Lipinski definition) is 8. The third kappa shape index (κ3) is 38.4. The zero-order chi connectivity index (χ0) is 44.6. The number of carbonyl (C=O) groups is 8. The molecule has 346 valence electrons. The van der Waals surface area contributed by atoms with Crippen LogP contribution in [0, 0.1) is 0 Å². The van der Waals surface area contributed by atoms with Crippen LogP contribution in [0.4, 0.5) is 0 Å². The van der Waals surface area contributed by atoms with Gasteiger partial charge in [0, 0.05) is 38.8 Å². The quantitative estimate of drug-likeness (QED) is 0.0323. The molecule has 0 aromatic carbocycles. The van der Waals surface area contributed by atoms with Gasteiger partial charge in [-0.2, -0.15) is 0 Å². The van der Waals surface area contributed by atoms with E-state index >= 15 is 0 Å². The molecule has 0 aliphatic rings. The Balaban J connectivity index is 3.72. The van der Waals surface area contributed by atoms with Gasteiger partial charge >= 0.3 is 17.9 Å². The highest BCUT2D eigenvalue weighted by Crippen LogP contribution is 2.14. The maximum absolute atomic E-state index is 12.3. The van der Waals surface area contributed by atoms with Crippen LogP contribution in [0.3, 0.4) is 0 Å². The molecule has 1 unspecified atom stereocenters. The topological polar surface area (TPSA) is 282 Å². The van der Waals surface area contributed by atoms with E-state index in [1.54, 1.807) is 0 Å². The molecule has 0 aliphatic carbocycles. The zero-order valence-corrected chi connectivity index (χ0v) is 36.0. The van der Waals surface area contributed by atoms with Crippen LogP contribution in [-0.2, 0) is 57.3 Å². The van der Waals surface area contributed by atoms with Gasteiger partial charge in [-0.25, -0.2) is 4.79 Å². The summed E-state index contributed by atoms with van der Waals surface area (Å²) in [6, 6.07) is -2.18. The molecule has 0 radical (unpaired) electrons. The Kier molecular flexibility index (Phi) is 36.8. The minimum absolute atomic E-state index is 0.0423. The van der Waals surface area contributed by atoms with Gasteiger partial charge in [0.15, 0.2) is 0 Å². The number of unbranched alkanes of at least 4 members (excludes halogenated alkanes) is 13. The van der Waals surface area contributed by atoms with Crippen LogP contribution in [-0.4, -0.2) is 140 Å². The van der Waals surface area contributed by atoms with E-state index < -0.39 is 41.0 Å². The summed E-state index contributed by atoms with van der Waals surface area (Å²) in [5.74, 6) is -4.70. The van der Waals surface area contributed by atoms with Crippen LogP contribution in [0.1, 0.15) is 128 Å². The number of carbonyl (C=O) groups excluding carboxylic acids is 5. The van der Waals surface area contributed by atoms with E-state index in [0.29, 0.717) is 6.42 Å². The smallest absolute Gasteiger partial charge is 0.326 e. The first-order valence-electron chi connectivity index (χ1n) is 21.1. The monoisotopic (exact) mass is 878 g/mol. The van der Waals surface area contributed by atoms with E-state index in [0.717, 1.165) is 44.9 Å². The van der Waals surface area contributed by atoms with Gasteiger partial charge in [-0.3, -0.25) is 33.6 Å². The number of ether oxygens (including phenoxy) is 4. The summed E-state index contributed by atoms with van der Waals surface area (Å²) in [4.78, 5) is 92.4. The predicted molar refractivity (Wildman–Crippen MR) is 222 cm³/mol. The Morgan fingerprint density at radius 3 is 1.28 bits per heavy atom. The van der Waals surface area contributed by atoms with Crippen LogP contribution < -0.4 is 21.3 Å². The molecular weight excluding hydrogens is 809 g/mol. The van der Waals surface area contributed by atoms with E-state index in [-0.39, 0.29) is 122 Å². The Morgan fingerprint density at radius 2 is 0.817 bits per heavy atom. The number of carboxylic acid groups (broad SMARTS) is 3. The summed E-state index contributed by atoms with van der Waals surface area (Å²) >= 11 is 3.64. The maximum Gasteiger partial charge on any atom is 0.326 e. The van der Waals surface area contributed by atoms with Gasteiger partial charge in [-0.15, -0.1) is 12.6 Å². The zero-order valence-electron chi connectivity index (χ0n) is 35.1. The van der Waals surface area contributed by atoms with Gasteiger partial charge in [0.1, 0.15) is 19.3 Å². The molecule has 7 N–H and O–H groups in total. The normalized spacial score (nSPS) is 11.9. The third-order valence-corrected chi connectivity index (χ3v) is 9.28. The lowest BCUT2D eigenvalue weighted by Crippen LogP contribution is -2.41. The molecule has 0 aromatic heterocycles. The highest BCUT2D eigenvalue weighted by Gasteiger charge is 2.21. The average molecular weight is 879 g/mol. The van der Waals surface area contributed by atoms with Crippen molar-refractivity contribution >= 4 is 59.3 Å². The lowest BCUT2D eigenvalue weighted by atomic mass is 10.0. The van der Waals surface area contributed by atoms with Crippen LogP contribution in [0.15, 0.2) is 0 Å². The summed E-state index contributed by atoms with van der Waals surface area (Å²) in [6.07, 6.45) is 14.9. The maximum atomic E-state index is 12.3. The van der Waals surface area contributed by atoms with Crippen LogP contribution in [0.2, 0.25) is 0 Å². The molecule has 0 heterocycles. The van der Waals surface area contributed by atoms with Crippen molar-refractivity contribution in [2.24, 2.45) is 0 Å². The highest BCUT2D eigenvalue weighted by molar-refractivity contribution is 7.96. The molecule has 0 spiro atoms. The first-order chi connectivity index (χ1) is 28.8. The van der Waals surface area contributed by atoms with Gasteiger partial charge < -0.3 is 55.5 Å². The number of aliphatic carboxylic acids is 3. The molecule has 0 aromatic rings. The van der Waals surface area contributed by atoms with Gasteiger partial charge in [0.25, 0.3) is 0 Å². The number of rotatable bonds is 43. The Labute approximate surface area is 358 Å². The number of thiol groups is 1. The van der Waals surface area contributed by atoms with E-state index in [2.05, 4.69) is 33.9 Å². The van der Waals surface area contributed by atoms with E-state index in [9.17, 15) is 43.5 Å². The molecule has 0 saturated carbocycles. The minimum atomic E-state index is -1.20. The fraction of sp³-hybridized carbons (Fsp3) is 0.800. The fourth-order valence-corrected chi connectivity index (χ4v) is 5.87. The Morgan fingerprint density at radius 1 is 0.417 bits per heavy atom. The molecule has 60 heavy (non-hydrogen) atoms. The largest absolute Gasteiger partial charge is 0.481 e. The molecule has 0 fully saturated rings. The van der Waals surface area contributed by atoms with Gasteiger partial charge in [-0.05, 0) is 25.7 Å². The summed E-state index contributed by atoms with van der Waals surface area (Å²) in [6.45, 7) is 0.707. The lowest BCUT2D eigenvalue weighted by molar-refractivity contribution is -0.142. The molecular formula is C40H70N4O15S. The first kappa shape index (κ1) is 56.1. The van der Waals surface area contributed by atoms with E-state index in [1.807, 2.05) is 0 Å². The Bertz CT molecular complexity index is 1240. The van der Waals surface area contributed by atoms with Crippen molar-refractivity contribution in [1.29, 1.82) is 0 Å². The van der Waals surface area contributed by atoms with Gasteiger partial charge in [-0.1, -0.05) is 77.0 Å². The summed E-state index contributed by atoms with van der Waals surface area (Å²) in [5, 5.41) is 36.3. The summed E-state index contributed by atoms with van der Waals surface area (Å²) in [5.41, 5.74) is 0. The number of hydrogen-bond acceptors (Lipinski definition) is 12. The van der Waals surface area contributed by atoms with Crippen molar-refractivity contribution in [2.45, 2.75) is 141 Å². The third-order valence-electron chi connectivity index (χ3n) is 8.97. The highest BCUT2D eigenvalue weighted by atomic mass is 32.1. The average Bonchev–Trinajstić information content (AvgIpc) is 3.19. The number of nitrogens with one attached hydrogen (secondary N) is 4. The van der Waals surface area contributed by atoms with Crippen LogP contribution >= 0.6 is 12.6 Å². The summed E-state index contributed by atoms with van der Waals surface area (Å²) < 4.78 is 21.1. The second kappa shape index (κ2) is 39.3. The van der Waals surface area contributed by atoms with Gasteiger partial charge in [0.2, 0.25) is 28.7 Å². The van der Waals surface area contributed by atoms with Crippen molar-refractivity contribution < 1.29 is 72.6 Å². The fourth-order valence-electron chi connectivity index (χ4n) is 5.68. The molecule has 0 rings (SSSR count). The Hall–Kier alpha value is -3.85. The molecule has 2 atom stereocenters.